The van der Waals surface area contributed by atoms with Crippen LogP contribution < -0.4 is 5.32 Å². The Balaban J connectivity index is 1.79. The number of nitrogens with zero attached hydrogens (tertiary/aromatic N) is 1. The highest BCUT2D eigenvalue weighted by atomic mass is 15.3. The minimum Gasteiger partial charge on any atom is -0.314 e. The number of hydrogen-bond donors (Lipinski definition) is 1. The summed E-state index contributed by atoms with van der Waals surface area (Å²) in [5.74, 6) is 0. The fourth-order valence-corrected chi connectivity index (χ4v) is 3.62. The first-order chi connectivity index (χ1) is 8.67. The lowest BCUT2D eigenvalue weighted by Crippen LogP contribution is -2.62. The minimum absolute atomic E-state index is 0.301. The molecule has 98 valence electrons. The van der Waals surface area contributed by atoms with Gasteiger partial charge < -0.3 is 5.32 Å². The van der Waals surface area contributed by atoms with Crippen molar-refractivity contribution >= 4 is 0 Å². The summed E-state index contributed by atoms with van der Waals surface area (Å²) in [6.07, 6.45) is 3.81. The molecule has 0 bridgehead atoms. The van der Waals surface area contributed by atoms with Gasteiger partial charge in [-0.15, -0.1) is 0 Å². The largest absolute Gasteiger partial charge is 0.314 e. The fraction of sp³-hybridized carbons (Fsp3) is 0.625. The van der Waals surface area contributed by atoms with Crippen LogP contribution in [0, 0.1) is 0 Å². The molecule has 0 saturated carbocycles. The maximum atomic E-state index is 3.52. The Morgan fingerprint density at radius 1 is 1.22 bits per heavy atom. The molecule has 1 N–H and O–H groups in total. The van der Waals surface area contributed by atoms with E-state index in [0.717, 1.165) is 19.1 Å². The molecule has 0 amide bonds. The summed E-state index contributed by atoms with van der Waals surface area (Å²) in [5.41, 5.74) is 3.44. The van der Waals surface area contributed by atoms with Crippen molar-refractivity contribution in [2.24, 2.45) is 0 Å². The van der Waals surface area contributed by atoms with Gasteiger partial charge in [-0.3, -0.25) is 4.90 Å². The molecule has 2 aliphatic rings. The summed E-state index contributed by atoms with van der Waals surface area (Å²) in [5, 5.41) is 3.52. The molecular formula is C16H24N2. The summed E-state index contributed by atoms with van der Waals surface area (Å²) < 4.78 is 0. The fourth-order valence-electron chi connectivity index (χ4n) is 3.62. The van der Waals surface area contributed by atoms with Gasteiger partial charge in [0.25, 0.3) is 0 Å². The molecule has 1 heterocycles. The van der Waals surface area contributed by atoms with E-state index in [1.165, 1.54) is 25.8 Å². The van der Waals surface area contributed by atoms with Crippen LogP contribution in [0.1, 0.15) is 31.4 Å². The van der Waals surface area contributed by atoms with Gasteiger partial charge in [-0.1, -0.05) is 24.3 Å². The standard InChI is InChI=1S/C16H24N2/c1-16(2)12-17-9-10-18(16)15-8-7-13-5-3-4-6-14(13)11-15/h3-6,15,17H,7-12H2,1-2H3. The Morgan fingerprint density at radius 3 is 2.78 bits per heavy atom. The van der Waals surface area contributed by atoms with Crippen molar-refractivity contribution in [3.8, 4) is 0 Å². The Labute approximate surface area is 110 Å². The van der Waals surface area contributed by atoms with Crippen LogP contribution in [0.2, 0.25) is 0 Å². The molecule has 0 spiro atoms. The molecule has 0 radical (unpaired) electrons. The summed E-state index contributed by atoms with van der Waals surface area (Å²) >= 11 is 0. The van der Waals surface area contributed by atoms with Crippen LogP contribution in [0.5, 0.6) is 0 Å². The molecule has 0 aromatic heterocycles. The Kier molecular flexibility index (Phi) is 3.16. The van der Waals surface area contributed by atoms with Crippen LogP contribution in [-0.4, -0.2) is 36.1 Å². The molecule has 1 atom stereocenters. The smallest absolute Gasteiger partial charge is 0.0281 e. The maximum Gasteiger partial charge on any atom is 0.0281 e. The Bertz CT molecular complexity index is 425. The molecule has 1 aliphatic carbocycles. The number of fused-ring (bicyclic) bond motifs is 1. The average Bonchev–Trinajstić information content (AvgIpc) is 2.38. The number of hydrogen-bond acceptors (Lipinski definition) is 2. The van der Waals surface area contributed by atoms with Crippen molar-refractivity contribution in [1.29, 1.82) is 0 Å². The molecule has 2 heteroatoms. The van der Waals surface area contributed by atoms with Crippen molar-refractivity contribution in [3.05, 3.63) is 35.4 Å². The van der Waals surface area contributed by atoms with Crippen molar-refractivity contribution in [2.75, 3.05) is 19.6 Å². The van der Waals surface area contributed by atoms with Crippen LogP contribution in [0.4, 0.5) is 0 Å². The predicted octanol–water partition coefficient (Wildman–Crippen LogP) is 2.23. The van der Waals surface area contributed by atoms with Gasteiger partial charge in [0.2, 0.25) is 0 Å². The molecule has 1 unspecified atom stereocenters. The molecule has 1 aromatic rings. The molecular weight excluding hydrogens is 220 g/mol. The van der Waals surface area contributed by atoms with E-state index in [0.29, 0.717) is 5.54 Å². The van der Waals surface area contributed by atoms with E-state index in [-0.39, 0.29) is 0 Å². The number of benzene rings is 1. The summed E-state index contributed by atoms with van der Waals surface area (Å²) in [6, 6.07) is 9.71. The lowest BCUT2D eigenvalue weighted by Gasteiger charge is -2.48. The number of aryl methyl sites for hydroxylation is 1. The van der Waals surface area contributed by atoms with Crippen molar-refractivity contribution in [3.63, 3.8) is 0 Å². The van der Waals surface area contributed by atoms with Crippen LogP contribution >= 0.6 is 0 Å². The Hall–Kier alpha value is -0.860. The quantitative estimate of drug-likeness (QED) is 0.815. The van der Waals surface area contributed by atoms with Crippen molar-refractivity contribution < 1.29 is 0 Å². The van der Waals surface area contributed by atoms with Crippen LogP contribution in [0.3, 0.4) is 0 Å². The second kappa shape index (κ2) is 4.67. The van der Waals surface area contributed by atoms with Gasteiger partial charge in [0.1, 0.15) is 0 Å². The zero-order valence-corrected chi connectivity index (χ0v) is 11.6. The predicted molar refractivity (Wildman–Crippen MR) is 75.9 cm³/mol. The lowest BCUT2D eigenvalue weighted by molar-refractivity contribution is 0.0387. The summed E-state index contributed by atoms with van der Waals surface area (Å²) in [4.78, 5) is 2.74. The van der Waals surface area contributed by atoms with Gasteiger partial charge in [-0.05, 0) is 44.2 Å². The van der Waals surface area contributed by atoms with E-state index >= 15 is 0 Å². The van der Waals surface area contributed by atoms with Gasteiger partial charge in [0, 0.05) is 31.2 Å². The third-order valence-electron chi connectivity index (χ3n) is 4.63. The van der Waals surface area contributed by atoms with E-state index < -0.39 is 0 Å². The molecule has 18 heavy (non-hydrogen) atoms. The van der Waals surface area contributed by atoms with E-state index in [9.17, 15) is 0 Å². The van der Waals surface area contributed by atoms with Crippen LogP contribution in [0.25, 0.3) is 0 Å². The first-order valence-corrected chi connectivity index (χ1v) is 7.21. The average molecular weight is 244 g/mol. The molecule has 1 aliphatic heterocycles. The van der Waals surface area contributed by atoms with E-state index in [1.54, 1.807) is 11.1 Å². The van der Waals surface area contributed by atoms with E-state index in [1.807, 2.05) is 0 Å². The molecule has 3 rings (SSSR count). The summed E-state index contributed by atoms with van der Waals surface area (Å²) in [6.45, 7) is 8.20. The lowest BCUT2D eigenvalue weighted by atomic mass is 9.85. The second-order valence-electron chi connectivity index (χ2n) is 6.35. The normalized spacial score (nSPS) is 27.8. The highest BCUT2D eigenvalue weighted by molar-refractivity contribution is 5.30. The number of nitrogens with one attached hydrogen (secondary N) is 1. The monoisotopic (exact) mass is 244 g/mol. The van der Waals surface area contributed by atoms with E-state index in [4.69, 9.17) is 0 Å². The third-order valence-corrected chi connectivity index (χ3v) is 4.63. The first kappa shape index (κ1) is 12.2. The van der Waals surface area contributed by atoms with Gasteiger partial charge in [-0.2, -0.15) is 0 Å². The van der Waals surface area contributed by atoms with Gasteiger partial charge in [0.15, 0.2) is 0 Å². The highest BCUT2D eigenvalue weighted by Crippen LogP contribution is 2.29. The molecule has 1 saturated heterocycles. The Morgan fingerprint density at radius 2 is 2.00 bits per heavy atom. The number of rotatable bonds is 1. The third kappa shape index (κ3) is 2.19. The van der Waals surface area contributed by atoms with Crippen LogP contribution in [-0.2, 0) is 12.8 Å². The zero-order chi connectivity index (χ0) is 12.6. The highest BCUT2D eigenvalue weighted by Gasteiger charge is 2.35. The van der Waals surface area contributed by atoms with Gasteiger partial charge in [-0.25, -0.2) is 0 Å². The minimum atomic E-state index is 0.301. The maximum absolute atomic E-state index is 3.52. The molecule has 1 aromatic carbocycles. The second-order valence-corrected chi connectivity index (χ2v) is 6.35. The topological polar surface area (TPSA) is 15.3 Å². The van der Waals surface area contributed by atoms with Gasteiger partial charge >= 0.3 is 0 Å². The van der Waals surface area contributed by atoms with Crippen molar-refractivity contribution in [1.82, 2.24) is 10.2 Å². The SMILES string of the molecule is CC1(C)CNCCN1C1CCc2ccccc2C1. The zero-order valence-electron chi connectivity index (χ0n) is 11.6. The van der Waals surface area contributed by atoms with E-state index in [2.05, 4.69) is 48.3 Å². The molecule has 2 nitrogen and oxygen atoms in total. The first-order valence-electron chi connectivity index (χ1n) is 7.21. The van der Waals surface area contributed by atoms with Crippen LogP contribution in [0.15, 0.2) is 24.3 Å². The summed E-state index contributed by atoms with van der Waals surface area (Å²) in [7, 11) is 0. The van der Waals surface area contributed by atoms with Crippen molar-refractivity contribution in [2.45, 2.75) is 44.7 Å². The number of piperazine rings is 1. The molecule has 1 fully saturated rings. The van der Waals surface area contributed by atoms with Gasteiger partial charge in [0.05, 0.1) is 0 Å².